The molecule has 0 N–H and O–H groups in total. The number of nitrogens with zero attached hydrogens (tertiary/aromatic N) is 2. The topological polar surface area (TPSA) is 40.6 Å². The van der Waals surface area contributed by atoms with Crippen molar-refractivity contribution in [3.63, 3.8) is 0 Å². The zero-order valence-corrected chi connectivity index (χ0v) is 10.5. The van der Waals surface area contributed by atoms with Crippen LogP contribution >= 0.6 is 0 Å². The lowest BCUT2D eigenvalue weighted by atomic mass is 9.68. The lowest BCUT2D eigenvalue weighted by molar-refractivity contribution is -0.145. The van der Waals surface area contributed by atoms with Gasteiger partial charge in [0.25, 0.3) is 0 Å². The standard InChI is InChI=1S/C14H18N2O2/c17-12-5-4-11-14-6-2-1-3-10(14)9-13(18)16(14)8-7-15(11)12/h4-5,10-11H,1-3,6-9H2/t10-,11-,14-/m1/s1. The number of piperazine rings is 1. The molecule has 4 nitrogen and oxygen atoms in total. The van der Waals surface area contributed by atoms with Crippen molar-refractivity contribution >= 4 is 11.8 Å². The molecule has 1 saturated carbocycles. The third kappa shape index (κ3) is 1.07. The molecular formula is C14H18N2O2. The van der Waals surface area contributed by atoms with E-state index in [4.69, 9.17) is 0 Å². The summed E-state index contributed by atoms with van der Waals surface area (Å²) >= 11 is 0. The fourth-order valence-electron chi connectivity index (χ4n) is 4.73. The zero-order valence-electron chi connectivity index (χ0n) is 10.5. The van der Waals surface area contributed by atoms with Gasteiger partial charge in [0.15, 0.2) is 0 Å². The minimum absolute atomic E-state index is 0.0593. The van der Waals surface area contributed by atoms with Crippen LogP contribution < -0.4 is 0 Å². The van der Waals surface area contributed by atoms with Gasteiger partial charge in [0.1, 0.15) is 0 Å². The predicted octanol–water partition coefficient (Wildman–Crippen LogP) is 0.928. The highest BCUT2D eigenvalue weighted by atomic mass is 16.2. The maximum Gasteiger partial charge on any atom is 0.246 e. The molecule has 4 rings (SSSR count). The summed E-state index contributed by atoms with van der Waals surface area (Å²) < 4.78 is 0. The van der Waals surface area contributed by atoms with Crippen LogP contribution in [0.3, 0.4) is 0 Å². The molecule has 3 atom stereocenters. The molecule has 96 valence electrons. The molecule has 1 aliphatic carbocycles. The van der Waals surface area contributed by atoms with E-state index >= 15 is 0 Å². The Morgan fingerprint density at radius 1 is 1.22 bits per heavy atom. The molecule has 4 aliphatic rings. The molecule has 0 radical (unpaired) electrons. The largest absolute Gasteiger partial charge is 0.333 e. The summed E-state index contributed by atoms with van der Waals surface area (Å²) in [4.78, 5) is 28.2. The van der Waals surface area contributed by atoms with E-state index in [9.17, 15) is 9.59 Å². The van der Waals surface area contributed by atoms with E-state index in [1.807, 2.05) is 11.0 Å². The number of carbonyl (C=O) groups excluding carboxylic acids is 2. The van der Waals surface area contributed by atoms with Crippen molar-refractivity contribution in [2.45, 2.75) is 43.7 Å². The third-order valence-electron chi connectivity index (χ3n) is 5.43. The highest BCUT2D eigenvalue weighted by Crippen LogP contribution is 2.51. The van der Waals surface area contributed by atoms with Crippen molar-refractivity contribution in [1.29, 1.82) is 0 Å². The molecule has 0 aromatic carbocycles. The molecule has 3 fully saturated rings. The molecule has 0 bridgehead atoms. The molecule has 2 saturated heterocycles. The first kappa shape index (κ1) is 10.6. The number of amides is 2. The summed E-state index contributed by atoms with van der Waals surface area (Å²) in [5.41, 5.74) is -0.0593. The van der Waals surface area contributed by atoms with Crippen molar-refractivity contribution in [3.8, 4) is 0 Å². The normalized spacial score (nSPS) is 42.0. The van der Waals surface area contributed by atoms with E-state index in [1.54, 1.807) is 6.08 Å². The fourth-order valence-corrected chi connectivity index (χ4v) is 4.73. The molecule has 4 heteroatoms. The molecule has 2 amide bonds. The van der Waals surface area contributed by atoms with Gasteiger partial charge in [0.05, 0.1) is 11.6 Å². The van der Waals surface area contributed by atoms with Crippen LogP contribution in [0.2, 0.25) is 0 Å². The van der Waals surface area contributed by atoms with E-state index < -0.39 is 0 Å². The van der Waals surface area contributed by atoms with Crippen molar-refractivity contribution < 1.29 is 9.59 Å². The molecule has 3 aliphatic heterocycles. The van der Waals surface area contributed by atoms with Gasteiger partial charge in [-0.15, -0.1) is 0 Å². The van der Waals surface area contributed by atoms with E-state index in [-0.39, 0.29) is 17.5 Å². The molecule has 1 spiro atoms. The molecule has 18 heavy (non-hydrogen) atoms. The second kappa shape index (κ2) is 3.37. The zero-order chi connectivity index (χ0) is 12.3. The van der Waals surface area contributed by atoms with Gasteiger partial charge in [0, 0.05) is 25.6 Å². The maximum absolute atomic E-state index is 12.2. The predicted molar refractivity (Wildman–Crippen MR) is 65.7 cm³/mol. The van der Waals surface area contributed by atoms with Gasteiger partial charge in [0.2, 0.25) is 11.8 Å². The smallest absolute Gasteiger partial charge is 0.246 e. The number of fused-ring (bicyclic) bond motifs is 1. The van der Waals surface area contributed by atoms with Gasteiger partial charge in [-0.3, -0.25) is 9.59 Å². The minimum atomic E-state index is -0.0593. The number of hydrogen-bond donors (Lipinski definition) is 0. The number of hydrogen-bond acceptors (Lipinski definition) is 2. The van der Waals surface area contributed by atoms with Gasteiger partial charge in [-0.2, -0.15) is 0 Å². The van der Waals surface area contributed by atoms with E-state index in [2.05, 4.69) is 4.90 Å². The molecule has 0 aromatic rings. The minimum Gasteiger partial charge on any atom is -0.333 e. The Kier molecular flexibility index (Phi) is 1.98. The van der Waals surface area contributed by atoms with Gasteiger partial charge in [-0.25, -0.2) is 0 Å². The Bertz CT molecular complexity index is 459. The van der Waals surface area contributed by atoms with Crippen molar-refractivity contribution in [2.75, 3.05) is 13.1 Å². The van der Waals surface area contributed by atoms with Crippen LogP contribution in [0, 0.1) is 5.92 Å². The van der Waals surface area contributed by atoms with Crippen LogP contribution in [0.4, 0.5) is 0 Å². The first-order valence-electron chi connectivity index (χ1n) is 7.03. The molecule has 3 heterocycles. The maximum atomic E-state index is 12.2. The lowest BCUT2D eigenvalue weighted by Gasteiger charge is -2.54. The summed E-state index contributed by atoms with van der Waals surface area (Å²) in [6, 6.07) is 0.149. The van der Waals surface area contributed by atoms with Gasteiger partial charge >= 0.3 is 0 Å². The molecular weight excluding hydrogens is 228 g/mol. The second-order valence-electron chi connectivity index (χ2n) is 6.02. The summed E-state index contributed by atoms with van der Waals surface area (Å²) in [7, 11) is 0. The Labute approximate surface area is 107 Å². The van der Waals surface area contributed by atoms with Crippen LogP contribution in [0.25, 0.3) is 0 Å². The Hall–Kier alpha value is -1.32. The summed E-state index contributed by atoms with van der Waals surface area (Å²) in [5.74, 6) is 0.911. The van der Waals surface area contributed by atoms with E-state index in [0.717, 1.165) is 19.4 Å². The summed E-state index contributed by atoms with van der Waals surface area (Å²) in [6.45, 7) is 1.44. The van der Waals surface area contributed by atoms with Gasteiger partial charge < -0.3 is 9.80 Å². The van der Waals surface area contributed by atoms with Crippen molar-refractivity contribution in [3.05, 3.63) is 12.2 Å². The second-order valence-corrected chi connectivity index (χ2v) is 6.02. The SMILES string of the molecule is O=C1C=C[C@H]2N1CCN1C(=O)C[C@H]3CCCC[C@@]321. The fraction of sp³-hybridized carbons (Fsp3) is 0.714. The van der Waals surface area contributed by atoms with Crippen LogP contribution in [0.1, 0.15) is 32.1 Å². The summed E-state index contributed by atoms with van der Waals surface area (Å²) in [6.07, 6.45) is 9.09. The average Bonchev–Trinajstić information content (AvgIpc) is 2.88. The van der Waals surface area contributed by atoms with Crippen LogP contribution in [-0.2, 0) is 9.59 Å². The van der Waals surface area contributed by atoms with Crippen LogP contribution in [0.15, 0.2) is 12.2 Å². The average molecular weight is 246 g/mol. The first-order valence-corrected chi connectivity index (χ1v) is 7.03. The first-order chi connectivity index (χ1) is 8.73. The van der Waals surface area contributed by atoms with Gasteiger partial charge in [-0.05, 0) is 18.8 Å². The molecule has 0 aromatic heterocycles. The molecule has 0 unspecified atom stereocenters. The highest BCUT2D eigenvalue weighted by Gasteiger charge is 2.61. The van der Waals surface area contributed by atoms with Crippen molar-refractivity contribution in [1.82, 2.24) is 9.80 Å². The quantitative estimate of drug-likeness (QED) is 0.638. The van der Waals surface area contributed by atoms with Crippen molar-refractivity contribution in [2.24, 2.45) is 5.92 Å². The monoisotopic (exact) mass is 246 g/mol. The Morgan fingerprint density at radius 2 is 2.11 bits per heavy atom. The Balaban J connectivity index is 1.81. The lowest BCUT2D eigenvalue weighted by Crippen LogP contribution is -2.67. The number of rotatable bonds is 0. The third-order valence-corrected chi connectivity index (χ3v) is 5.43. The van der Waals surface area contributed by atoms with E-state index in [1.165, 1.54) is 12.8 Å². The number of carbonyl (C=O) groups is 2. The highest BCUT2D eigenvalue weighted by molar-refractivity contribution is 5.92. The van der Waals surface area contributed by atoms with Gasteiger partial charge in [-0.1, -0.05) is 18.9 Å². The summed E-state index contributed by atoms with van der Waals surface area (Å²) in [5, 5.41) is 0. The van der Waals surface area contributed by atoms with Crippen LogP contribution in [-0.4, -0.2) is 46.3 Å². The Morgan fingerprint density at radius 3 is 3.00 bits per heavy atom. The van der Waals surface area contributed by atoms with Crippen LogP contribution in [0.5, 0.6) is 0 Å². The van der Waals surface area contributed by atoms with E-state index in [0.29, 0.717) is 24.8 Å².